The van der Waals surface area contributed by atoms with Gasteiger partial charge in [0.25, 0.3) is 5.91 Å². The number of hydrogen-bond acceptors (Lipinski definition) is 5. The third-order valence-corrected chi connectivity index (χ3v) is 2.90. The molecule has 0 aliphatic carbocycles. The highest BCUT2D eigenvalue weighted by atomic mass is 16.5. The van der Waals surface area contributed by atoms with Crippen LogP contribution >= 0.6 is 0 Å². The summed E-state index contributed by atoms with van der Waals surface area (Å²) in [6, 6.07) is 10.4. The number of hydrogen-bond donors (Lipinski definition) is 3. The molecule has 1 aromatic heterocycles. The van der Waals surface area contributed by atoms with Crippen molar-refractivity contribution < 1.29 is 19.7 Å². The average molecular weight is 288 g/mol. The molecule has 1 atom stereocenters. The Hall–Kier alpha value is -2.44. The van der Waals surface area contributed by atoms with E-state index < -0.39 is 12.0 Å². The fourth-order valence-electron chi connectivity index (χ4n) is 1.87. The minimum atomic E-state index is -0.940. The molecular weight excluding hydrogens is 272 g/mol. The summed E-state index contributed by atoms with van der Waals surface area (Å²) in [4.78, 5) is 15.4. The minimum Gasteiger partial charge on any atom is -0.490 e. The number of nitrogens with zero attached hydrogens (tertiary/aromatic N) is 1. The molecule has 21 heavy (non-hydrogen) atoms. The normalized spacial score (nSPS) is 11.9. The first-order chi connectivity index (χ1) is 10.1. The van der Waals surface area contributed by atoms with Crippen molar-refractivity contribution in [2.24, 2.45) is 5.73 Å². The SMILES string of the molecule is NC(=O)c1cnc([C@@H](O)c2ccccc2)cc1OCCO. The molecule has 2 aromatic rings. The number of aliphatic hydroxyl groups is 2. The van der Waals surface area contributed by atoms with E-state index in [2.05, 4.69) is 4.98 Å². The van der Waals surface area contributed by atoms with Gasteiger partial charge in [-0.3, -0.25) is 9.78 Å². The second kappa shape index (κ2) is 6.83. The fourth-order valence-corrected chi connectivity index (χ4v) is 1.87. The van der Waals surface area contributed by atoms with Crippen molar-refractivity contribution in [2.45, 2.75) is 6.10 Å². The van der Waals surface area contributed by atoms with Crippen LogP contribution in [0, 0.1) is 0 Å². The first-order valence-corrected chi connectivity index (χ1v) is 6.40. The van der Waals surface area contributed by atoms with Crippen molar-refractivity contribution in [3.05, 3.63) is 59.4 Å². The molecule has 0 spiro atoms. The molecule has 0 unspecified atom stereocenters. The summed E-state index contributed by atoms with van der Waals surface area (Å²) in [5.74, 6) is -0.493. The van der Waals surface area contributed by atoms with Crippen LogP contribution in [0.5, 0.6) is 5.75 Å². The number of primary amides is 1. The van der Waals surface area contributed by atoms with Crippen LogP contribution < -0.4 is 10.5 Å². The van der Waals surface area contributed by atoms with Gasteiger partial charge in [-0.25, -0.2) is 0 Å². The number of rotatable bonds is 6. The lowest BCUT2D eigenvalue weighted by Gasteiger charge is -2.14. The van der Waals surface area contributed by atoms with Gasteiger partial charge in [0.1, 0.15) is 18.5 Å². The molecule has 6 heteroatoms. The van der Waals surface area contributed by atoms with Crippen molar-refractivity contribution in [1.82, 2.24) is 4.98 Å². The second-order valence-electron chi connectivity index (χ2n) is 4.35. The molecule has 0 saturated heterocycles. The van der Waals surface area contributed by atoms with E-state index in [0.29, 0.717) is 11.3 Å². The van der Waals surface area contributed by atoms with Gasteiger partial charge in [0, 0.05) is 12.3 Å². The lowest BCUT2D eigenvalue weighted by molar-refractivity contribution is 0.0993. The summed E-state index contributed by atoms with van der Waals surface area (Å²) in [5, 5.41) is 19.1. The highest BCUT2D eigenvalue weighted by Crippen LogP contribution is 2.25. The molecule has 0 aliphatic rings. The molecule has 2 rings (SSSR count). The molecule has 1 heterocycles. The Bertz CT molecular complexity index is 616. The van der Waals surface area contributed by atoms with Crippen LogP contribution in [0.1, 0.15) is 27.7 Å². The van der Waals surface area contributed by atoms with Gasteiger partial charge in [0.15, 0.2) is 0 Å². The third-order valence-electron chi connectivity index (χ3n) is 2.90. The van der Waals surface area contributed by atoms with Gasteiger partial charge in [-0.05, 0) is 5.56 Å². The number of pyridine rings is 1. The average Bonchev–Trinajstić information content (AvgIpc) is 2.52. The predicted molar refractivity (Wildman–Crippen MR) is 75.8 cm³/mol. The van der Waals surface area contributed by atoms with Gasteiger partial charge >= 0.3 is 0 Å². The second-order valence-corrected chi connectivity index (χ2v) is 4.35. The summed E-state index contributed by atoms with van der Waals surface area (Å²) in [5.41, 5.74) is 6.35. The Morgan fingerprint density at radius 2 is 2.05 bits per heavy atom. The summed E-state index contributed by atoms with van der Waals surface area (Å²) >= 11 is 0. The summed E-state index contributed by atoms with van der Waals surface area (Å²) in [6.45, 7) is -0.178. The van der Waals surface area contributed by atoms with Gasteiger partial charge in [-0.1, -0.05) is 30.3 Å². The molecule has 4 N–H and O–H groups in total. The Morgan fingerprint density at radius 1 is 1.33 bits per heavy atom. The quantitative estimate of drug-likeness (QED) is 0.723. The number of carbonyl (C=O) groups excluding carboxylic acids is 1. The van der Waals surface area contributed by atoms with Crippen molar-refractivity contribution in [3.63, 3.8) is 0 Å². The Balaban J connectivity index is 2.34. The van der Waals surface area contributed by atoms with Gasteiger partial charge in [0.05, 0.1) is 17.9 Å². The van der Waals surface area contributed by atoms with Crippen molar-refractivity contribution in [1.29, 1.82) is 0 Å². The third kappa shape index (κ3) is 3.56. The van der Waals surface area contributed by atoms with Gasteiger partial charge in [-0.2, -0.15) is 0 Å². The monoisotopic (exact) mass is 288 g/mol. The number of aromatic nitrogens is 1. The molecule has 0 fully saturated rings. The standard InChI is InChI=1S/C15H16N2O4/c16-15(20)11-9-17-12(8-13(11)21-7-6-18)14(19)10-4-2-1-3-5-10/h1-5,8-9,14,18-19H,6-7H2,(H2,16,20)/t14-/m0/s1. The molecule has 110 valence electrons. The van der Waals surface area contributed by atoms with E-state index in [0.717, 1.165) is 0 Å². The largest absolute Gasteiger partial charge is 0.490 e. The van der Waals surface area contributed by atoms with Crippen LogP contribution in [0.4, 0.5) is 0 Å². The number of nitrogens with two attached hydrogens (primary N) is 1. The number of carbonyl (C=O) groups is 1. The van der Waals surface area contributed by atoms with Crippen molar-refractivity contribution >= 4 is 5.91 Å². The van der Waals surface area contributed by atoms with E-state index >= 15 is 0 Å². The van der Waals surface area contributed by atoms with Crippen molar-refractivity contribution in [2.75, 3.05) is 13.2 Å². The van der Waals surface area contributed by atoms with E-state index in [1.165, 1.54) is 12.3 Å². The van der Waals surface area contributed by atoms with Crippen LogP contribution in [0.15, 0.2) is 42.6 Å². The number of ether oxygens (including phenoxy) is 1. The van der Waals surface area contributed by atoms with Crippen LogP contribution in [-0.2, 0) is 0 Å². The lowest BCUT2D eigenvalue weighted by atomic mass is 10.1. The van der Waals surface area contributed by atoms with E-state index in [1.54, 1.807) is 24.3 Å². The molecule has 0 aliphatic heterocycles. The molecule has 1 amide bonds. The van der Waals surface area contributed by atoms with Crippen LogP contribution in [0.3, 0.4) is 0 Å². The zero-order valence-corrected chi connectivity index (χ0v) is 11.3. The number of benzene rings is 1. The maximum absolute atomic E-state index is 11.3. The highest BCUT2D eigenvalue weighted by molar-refractivity contribution is 5.95. The van der Waals surface area contributed by atoms with E-state index in [4.69, 9.17) is 15.6 Å². The molecule has 0 saturated carbocycles. The number of aliphatic hydroxyl groups excluding tert-OH is 2. The first-order valence-electron chi connectivity index (χ1n) is 6.40. The van der Waals surface area contributed by atoms with Crippen molar-refractivity contribution in [3.8, 4) is 5.75 Å². The lowest BCUT2D eigenvalue weighted by Crippen LogP contribution is -2.16. The Kier molecular flexibility index (Phi) is 4.86. The smallest absolute Gasteiger partial charge is 0.254 e. The molecule has 0 radical (unpaired) electrons. The molecular formula is C15H16N2O4. The maximum atomic E-state index is 11.3. The summed E-state index contributed by atoms with van der Waals surface area (Å²) < 4.78 is 5.27. The van der Waals surface area contributed by atoms with Gasteiger partial charge < -0.3 is 20.7 Å². The summed E-state index contributed by atoms with van der Waals surface area (Å²) in [7, 11) is 0. The fraction of sp³-hybridized carbons (Fsp3) is 0.200. The first kappa shape index (κ1) is 15.0. The zero-order valence-electron chi connectivity index (χ0n) is 11.3. The van der Waals surface area contributed by atoms with Crippen LogP contribution in [0.25, 0.3) is 0 Å². The van der Waals surface area contributed by atoms with E-state index in [9.17, 15) is 9.90 Å². The highest BCUT2D eigenvalue weighted by Gasteiger charge is 2.17. The van der Waals surface area contributed by atoms with Gasteiger partial charge in [0.2, 0.25) is 0 Å². The van der Waals surface area contributed by atoms with E-state index in [1.807, 2.05) is 6.07 Å². The Labute approximate surface area is 121 Å². The van der Waals surface area contributed by atoms with Crippen LogP contribution in [-0.4, -0.2) is 34.3 Å². The van der Waals surface area contributed by atoms with Crippen LogP contribution in [0.2, 0.25) is 0 Å². The predicted octanol–water partition coefficient (Wildman–Crippen LogP) is 0.633. The minimum absolute atomic E-state index is 0.0190. The topological polar surface area (TPSA) is 106 Å². The molecule has 0 bridgehead atoms. The zero-order chi connectivity index (χ0) is 15.2. The molecule has 1 aromatic carbocycles. The summed E-state index contributed by atoms with van der Waals surface area (Å²) in [6.07, 6.45) is 0.320. The molecule has 6 nitrogen and oxygen atoms in total. The Morgan fingerprint density at radius 3 is 2.67 bits per heavy atom. The van der Waals surface area contributed by atoms with E-state index in [-0.39, 0.29) is 24.5 Å². The number of amides is 1. The van der Waals surface area contributed by atoms with Gasteiger partial charge in [-0.15, -0.1) is 0 Å². The maximum Gasteiger partial charge on any atom is 0.254 e.